The van der Waals surface area contributed by atoms with Crippen molar-refractivity contribution in [3.05, 3.63) is 0 Å². The summed E-state index contributed by atoms with van der Waals surface area (Å²) in [7, 11) is -5.15. The van der Waals surface area contributed by atoms with Gasteiger partial charge in [-0.1, -0.05) is 70.6 Å². The molecule has 13 heteroatoms. The molecule has 0 aromatic heterocycles. The summed E-state index contributed by atoms with van der Waals surface area (Å²) in [5.74, 6) is 26.6. The van der Waals surface area contributed by atoms with Gasteiger partial charge in [-0.15, -0.1) is 0 Å². The van der Waals surface area contributed by atoms with Crippen LogP contribution < -0.4 is 74.2 Å². The molecule has 45 heavy (non-hydrogen) atoms. The number of ether oxygens (including phenoxy) is 2. The largest absolute Gasteiger partial charge is 1.00 e. The van der Waals surface area contributed by atoms with Gasteiger partial charge < -0.3 is 33.5 Å². The fourth-order valence-corrected chi connectivity index (χ4v) is 3.29. The van der Waals surface area contributed by atoms with E-state index in [1.807, 2.05) is 0 Å². The van der Waals surface area contributed by atoms with Crippen molar-refractivity contribution in [2.45, 2.75) is 97.5 Å². The van der Waals surface area contributed by atoms with Crippen LogP contribution in [0.1, 0.15) is 107 Å². The minimum Gasteiger partial charge on any atom is -0.790 e. The van der Waals surface area contributed by atoms with Crippen molar-refractivity contribution in [3.63, 3.8) is 0 Å². The van der Waals surface area contributed by atoms with Gasteiger partial charge in [0.2, 0.25) is 5.91 Å². The molecule has 1 amide bonds. The Balaban J connectivity index is -0.0000000392. The van der Waals surface area contributed by atoms with E-state index in [0.29, 0.717) is 6.42 Å². The number of hydrogen-bond donors (Lipinski definition) is 2. The fraction of sp³-hybridized carbons (Fsp3) is 0.562. The van der Waals surface area contributed by atoms with E-state index in [4.69, 9.17) is 9.84 Å². The van der Waals surface area contributed by atoms with E-state index in [9.17, 15) is 23.9 Å². The van der Waals surface area contributed by atoms with Gasteiger partial charge in [0.15, 0.2) is 0 Å². The fourth-order valence-electron chi connectivity index (χ4n) is 2.94. The van der Waals surface area contributed by atoms with Crippen LogP contribution in [0.3, 0.4) is 0 Å². The Morgan fingerprint density at radius 1 is 0.800 bits per heavy atom. The van der Waals surface area contributed by atoms with Crippen molar-refractivity contribution in [1.29, 1.82) is 0 Å². The Kier molecular flexibility index (Phi) is 43.0. The smallest absolute Gasteiger partial charge is 0.790 e. The van der Waals surface area contributed by atoms with Crippen molar-refractivity contribution in [1.82, 2.24) is 5.32 Å². The van der Waals surface area contributed by atoms with Crippen LogP contribution in [-0.4, -0.2) is 43.1 Å². The van der Waals surface area contributed by atoms with Crippen molar-refractivity contribution in [2.75, 3.05) is 20.0 Å². The van der Waals surface area contributed by atoms with Gasteiger partial charge >= 0.3 is 65.1 Å². The van der Waals surface area contributed by atoms with E-state index in [2.05, 4.69) is 92.7 Å². The van der Waals surface area contributed by atoms with Crippen molar-refractivity contribution < 1.29 is 118 Å². The third-order valence-corrected chi connectivity index (χ3v) is 5.30. The van der Waals surface area contributed by atoms with E-state index in [0.717, 1.165) is 19.3 Å². The first-order chi connectivity index (χ1) is 20.7. The minimum atomic E-state index is -5.15. The van der Waals surface area contributed by atoms with Crippen LogP contribution in [0.5, 0.6) is 0 Å². The number of rotatable bonds is 18. The Labute approximate surface area is 329 Å². The second-order valence-electron chi connectivity index (χ2n) is 8.59. The maximum absolute atomic E-state index is 11.8. The summed E-state index contributed by atoms with van der Waals surface area (Å²) < 4.78 is 24.3. The number of carbonyl (C=O) groups is 2. The molecule has 256 valence electrons. The summed E-state index contributed by atoms with van der Waals surface area (Å²) in [5, 5.41) is 10.9. The predicted molar refractivity (Wildman–Crippen MR) is 182 cm³/mol. The minimum absolute atomic E-state index is 0. The molecule has 0 aliphatic rings. The van der Waals surface area contributed by atoms with E-state index in [-0.39, 0.29) is 93.7 Å². The number of phosphoric ester groups is 1. The zero-order valence-electron chi connectivity index (χ0n) is 27.1. The zero-order chi connectivity index (χ0) is 32.4. The molecule has 0 saturated carbocycles. The van der Waals surface area contributed by atoms with Crippen LogP contribution in [-0.2, 0) is 28.2 Å². The third-order valence-electron chi connectivity index (χ3n) is 4.83. The number of carbonyl (C=O) groups excluding carboxylic acids is 2. The molecule has 10 nitrogen and oxygen atoms in total. The quantitative estimate of drug-likeness (QED) is 0.0347. The average molecular weight is 682 g/mol. The summed E-state index contributed by atoms with van der Waals surface area (Å²) in [6.07, 6.45) is 10.6. The van der Waals surface area contributed by atoms with E-state index in [1.165, 1.54) is 45.4 Å². The van der Waals surface area contributed by atoms with Gasteiger partial charge in [0.25, 0.3) is 0 Å². The molecule has 0 radical (unpaired) electrons. The monoisotopic (exact) mass is 681 g/mol. The molecule has 0 spiro atoms. The van der Waals surface area contributed by atoms with Gasteiger partial charge in [0, 0.05) is 64.7 Å². The van der Waals surface area contributed by atoms with Crippen LogP contribution in [0.4, 0.5) is 0 Å². The van der Waals surface area contributed by atoms with Gasteiger partial charge in [-0.3, -0.25) is 14.9 Å². The second-order valence-corrected chi connectivity index (χ2v) is 9.75. The van der Waals surface area contributed by atoms with Gasteiger partial charge in [-0.2, -0.15) is 0 Å². The number of nitrogens with one attached hydrogen (secondary N) is 1. The molecule has 0 heterocycles. The molecule has 0 aliphatic carbocycles. The summed E-state index contributed by atoms with van der Waals surface area (Å²) in [4.78, 5) is 43.1. The molecule has 0 bridgehead atoms. The van der Waals surface area contributed by atoms with Crippen LogP contribution >= 0.6 is 7.82 Å². The van der Waals surface area contributed by atoms with Crippen LogP contribution in [0.15, 0.2) is 0 Å². The summed E-state index contributed by atoms with van der Waals surface area (Å²) in [5.41, 5.74) is 0. The van der Waals surface area contributed by atoms with Crippen LogP contribution in [0, 0.1) is 71.2 Å². The molecule has 0 fully saturated rings. The number of amides is 1. The van der Waals surface area contributed by atoms with Gasteiger partial charge in [0.05, 0.1) is 21.0 Å². The predicted octanol–water partition coefficient (Wildman–Crippen LogP) is -1.14. The molecule has 0 aromatic rings. The average Bonchev–Trinajstić information content (AvgIpc) is 2.95. The van der Waals surface area contributed by atoms with E-state index >= 15 is 0 Å². The Morgan fingerprint density at radius 3 is 1.71 bits per heavy atom. The van der Waals surface area contributed by atoms with E-state index in [1.54, 1.807) is 6.92 Å². The molecule has 0 aliphatic heterocycles. The summed E-state index contributed by atoms with van der Waals surface area (Å²) in [6, 6.07) is 2.35. The van der Waals surface area contributed by atoms with E-state index < -0.39 is 33.3 Å². The number of aliphatic hydroxyl groups excluding tert-OH is 1. The molecule has 1 atom stereocenters. The first kappa shape index (κ1) is 50.2. The number of aliphatic hydroxyl groups is 1. The van der Waals surface area contributed by atoms with Crippen LogP contribution in [0.2, 0.25) is 0 Å². The number of unbranched alkanes of at least 4 members (excludes halogenated alkanes) is 9. The third kappa shape index (κ3) is 46.9. The molecule has 0 rings (SSSR count). The topological polar surface area (TPSA) is 157 Å². The first-order valence-electron chi connectivity index (χ1n) is 13.9. The van der Waals surface area contributed by atoms with Gasteiger partial charge in [-0.05, 0) is 42.9 Å². The van der Waals surface area contributed by atoms with Crippen LogP contribution in [0.25, 0.3) is 0 Å². The molecule has 0 aromatic carbocycles. The maximum atomic E-state index is 11.8. The number of phosphoric acid groups is 1. The summed E-state index contributed by atoms with van der Waals surface area (Å²) >= 11 is 0. The van der Waals surface area contributed by atoms with Crippen molar-refractivity contribution in [2.24, 2.45) is 0 Å². The molecule has 0 saturated heterocycles. The standard InChI is InChI=1S/C17H35O8P.C15H7NO.2Na.11H2/c1-2-3-4-5-6-7-8-9-10-11-12-17(19)25-16(13-23-15-18)14-24-26(20,21)22;1-3-4-5-6-7-8-9-10-11-12-13-14-16-15(2)17;;;;;;;;;;;;;/h16,18H,2-15H2,1H3,(H2,20,21,22);1-2H3,(H,16,17);;;11*1H/q;;2*+1;;;;;;;;;;;/p-2/t16-;;;;;;;;;;;;;;/m0............../s1. The number of hydrogen-bond acceptors (Lipinski definition) is 9. The number of esters is 1. The second kappa shape index (κ2) is 38.5. The summed E-state index contributed by atoms with van der Waals surface area (Å²) in [6.45, 7) is 3.78. The molecular weight excluding hydrogens is 619 g/mol. The van der Waals surface area contributed by atoms with Crippen molar-refractivity contribution >= 4 is 19.7 Å². The van der Waals surface area contributed by atoms with Gasteiger partial charge in [-0.25, -0.2) is 0 Å². The Hall–Kier alpha value is -1.67. The maximum Gasteiger partial charge on any atom is 1.00 e. The van der Waals surface area contributed by atoms with Crippen molar-refractivity contribution in [3.8, 4) is 71.2 Å². The molecule has 0 unspecified atom stereocenters. The SMILES string of the molecule is CC#CC#CC#CC#CC#CC#CNC(C)=O.CCCCCCCCCCCCC(=O)O[C@@H](COCO)COP(=O)([O-])[O-].[HH].[HH].[HH].[HH].[HH].[HH].[HH].[HH].[HH].[HH].[HH].[Na+].[Na+]. The molecular formula is C32H62NNa2O9P. The Morgan fingerprint density at radius 2 is 1.27 bits per heavy atom. The van der Waals surface area contributed by atoms with Gasteiger partial charge in [0.1, 0.15) is 12.9 Å². The zero-order valence-corrected chi connectivity index (χ0v) is 32.0. The molecule has 2 N–H and O–H groups in total. The first-order valence-corrected chi connectivity index (χ1v) is 15.3. The normalized spacial score (nSPS) is 9.29. The Bertz CT molecular complexity index is 1270.